The average molecular weight is 600 g/mol. The normalized spacial score (nSPS) is 17.1. The Morgan fingerprint density at radius 3 is 2.68 bits per heavy atom. The molecule has 1 aromatic carbocycles. The summed E-state index contributed by atoms with van der Waals surface area (Å²) in [5, 5.41) is 13.3. The van der Waals surface area contributed by atoms with Gasteiger partial charge in [-0.2, -0.15) is 0 Å². The number of nitrogens with one attached hydrogen (secondary N) is 1. The van der Waals surface area contributed by atoms with Crippen LogP contribution in [0.25, 0.3) is 22.2 Å². The summed E-state index contributed by atoms with van der Waals surface area (Å²) in [5.41, 5.74) is 6.12. The first-order chi connectivity index (χ1) is 19.4. The third kappa shape index (κ3) is 5.45. The third-order valence-electron chi connectivity index (χ3n) is 6.91. The van der Waals surface area contributed by atoms with E-state index in [0.29, 0.717) is 35.8 Å². The van der Waals surface area contributed by atoms with Gasteiger partial charge in [-0.25, -0.2) is 9.97 Å². The largest absolute Gasteiger partial charge is 0.506 e. The number of pyridine rings is 1. The number of phenols is 1. The van der Waals surface area contributed by atoms with Crippen LogP contribution < -0.4 is 21.5 Å². The fourth-order valence-electron chi connectivity index (χ4n) is 4.79. The molecule has 41 heavy (non-hydrogen) atoms. The van der Waals surface area contributed by atoms with Gasteiger partial charge in [0.05, 0.1) is 58.0 Å². The van der Waals surface area contributed by atoms with Crippen LogP contribution in [0.3, 0.4) is 0 Å². The number of aromatic nitrogens is 4. The van der Waals surface area contributed by atoms with Crippen molar-refractivity contribution in [3.63, 3.8) is 0 Å². The van der Waals surface area contributed by atoms with Gasteiger partial charge in [0.15, 0.2) is 0 Å². The predicted octanol–water partition coefficient (Wildman–Crippen LogP) is 3.16. The van der Waals surface area contributed by atoms with E-state index < -0.39 is 17.6 Å². The molecular weight excluding hydrogens is 573 g/mol. The Kier molecular flexibility index (Phi) is 7.64. The van der Waals surface area contributed by atoms with Crippen LogP contribution in [-0.2, 0) is 23.1 Å². The lowest BCUT2D eigenvalue weighted by Gasteiger charge is -2.37. The van der Waals surface area contributed by atoms with E-state index in [-0.39, 0.29) is 50.9 Å². The van der Waals surface area contributed by atoms with Crippen molar-refractivity contribution in [1.29, 1.82) is 0 Å². The number of aryl methyl sites for hydroxylation is 1. The lowest BCUT2D eigenvalue weighted by atomic mass is 10.0. The zero-order valence-electron chi connectivity index (χ0n) is 22.4. The molecular formula is C27H27Cl2N7O5. The van der Waals surface area contributed by atoms with Gasteiger partial charge in [0, 0.05) is 31.4 Å². The van der Waals surface area contributed by atoms with Crippen molar-refractivity contribution >= 4 is 57.6 Å². The number of ether oxygens (including phenoxy) is 1. The van der Waals surface area contributed by atoms with E-state index in [9.17, 15) is 19.5 Å². The van der Waals surface area contributed by atoms with E-state index in [1.165, 1.54) is 33.8 Å². The van der Waals surface area contributed by atoms with Crippen LogP contribution in [0.15, 0.2) is 41.7 Å². The average Bonchev–Trinajstić information content (AvgIpc) is 3.28. The molecule has 12 nitrogen and oxygen atoms in total. The number of fused-ring (bicyclic) bond motifs is 1. The summed E-state index contributed by atoms with van der Waals surface area (Å²) < 4.78 is 8.50. The van der Waals surface area contributed by atoms with Crippen molar-refractivity contribution in [3.8, 4) is 16.9 Å². The van der Waals surface area contributed by atoms with Gasteiger partial charge in [0.25, 0.3) is 11.5 Å². The molecule has 0 unspecified atom stereocenters. The summed E-state index contributed by atoms with van der Waals surface area (Å²) >= 11 is 12.5. The fourth-order valence-corrected chi connectivity index (χ4v) is 5.16. The van der Waals surface area contributed by atoms with Crippen molar-refractivity contribution in [1.82, 2.24) is 19.1 Å². The number of primary amides is 1. The number of hydrogen-bond acceptors (Lipinski definition) is 8. The van der Waals surface area contributed by atoms with Gasteiger partial charge in [-0.3, -0.25) is 14.4 Å². The Labute approximate surface area is 244 Å². The van der Waals surface area contributed by atoms with E-state index in [2.05, 4.69) is 20.2 Å². The summed E-state index contributed by atoms with van der Waals surface area (Å²) in [6.45, 7) is 4.98. The van der Waals surface area contributed by atoms with E-state index in [4.69, 9.17) is 33.7 Å². The Morgan fingerprint density at radius 2 is 1.95 bits per heavy atom. The SMILES string of the molecule is C[C@@H]1CN(c2cc(NC(=O)Cn3cc(-c4cc(Cl)c(O)c(C(N)=O)c4)c4c(=O)n(C)cnc43)c(Cl)cn2)[C@H](C)CO1. The standard InChI is InChI=1S/C27H27Cl2N7O5/c1-13-11-41-14(2)8-36(13)21-6-20(19(29)7-31-21)33-22(37)10-35-9-17(23-26(35)32-12-34(3)27(23)40)15-4-16(25(30)39)24(38)18(28)5-15/h4-7,9,12-14,38H,8,10-11H2,1-3H3,(H2,30,39)(H,31,33,37)/t13-,14-/m1/s1. The molecule has 214 valence electrons. The monoisotopic (exact) mass is 599 g/mol. The quantitative estimate of drug-likeness (QED) is 0.305. The topological polar surface area (TPSA) is 158 Å². The minimum absolute atomic E-state index is 0.0284. The van der Waals surface area contributed by atoms with Gasteiger partial charge in [-0.15, -0.1) is 0 Å². The Balaban J connectivity index is 1.50. The van der Waals surface area contributed by atoms with Crippen molar-refractivity contribution in [2.24, 2.45) is 12.8 Å². The lowest BCUT2D eigenvalue weighted by Crippen LogP contribution is -2.47. The molecule has 2 atom stereocenters. The highest BCUT2D eigenvalue weighted by atomic mass is 35.5. The number of hydrogen-bond donors (Lipinski definition) is 3. The molecule has 14 heteroatoms. The first-order valence-electron chi connectivity index (χ1n) is 12.6. The van der Waals surface area contributed by atoms with Gasteiger partial charge in [0.2, 0.25) is 5.91 Å². The van der Waals surface area contributed by atoms with Crippen LogP contribution in [0.4, 0.5) is 11.5 Å². The van der Waals surface area contributed by atoms with Crippen LogP contribution >= 0.6 is 23.2 Å². The van der Waals surface area contributed by atoms with E-state index in [1.807, 2.05) is 13.8 Å². The molecule has 0 saturated carbocycles. The highest BCUT2D eigenvalue weighted by Gasteiger charge is 2.26. The molecule has 0 spiro atoms. The van der Waals surface area contributed by atoms with Crippen LogP contribution in [0.1, 0.15) is 24.2 Å². The number of carbonyl (C=O) groups excluding carboxylic acids is 2. The fraction of sp³-hybridized carbons (Fsp3) is 0.296. The second-order valence-electron chi connectivity index (χ2n) is 9.96. The summed E-state index contributed by atoms with van der Waals surface area (Å²) in [5.74, 6) is -1.14. The molecule has 4 heterocycles. The Hall–Kier alpha value is -4.13. The highest BCUT2D eigenvalue weighted by molar-refractivity contribution is 6.34. The maximum atomic E-state index is 13.3. The Bertz CT molecular complexity index is 1750. The van der Waals surface area contributed by atoms with Crippen molar-refractivity contribution < 1.29 is 19.4 Å². The summed E-state index contributed by atoms with van der Waals surface area (Å²) in [6, 6.07) is 4.54. The molecule has 3 aromatic heterocycles. The molecule has 1 aliphatic rings. The van der Waals surface area contributed by atoms with Crippen LogP contribution in [0, 0.1) is 0 Å². The number of morpholine rings is 1. The lowest BCUT2D eigenvalue weighted by molar-refractivity contribution is -0.116. The molecule has 1 saturated heterocycles. The zero-order valence-corrected chi connectivity index (χ0v) is 23.9. The van der Waals surface area contributed by atoms with Gasteiger partial charge in [-0.05, 0) is 31.5 Å². The smallest absolute Gasteiger partial charge is 0.263 e. The molecule has 1 aliphatic heterocycles. The molecule has 5 rings (SSSR count). The number of carbonyl (C=O) groups is 2. The molecule has 0 radical (unpaired) electrons. The number of anilines is 2. The number of nitrogens with two attached hydrogens (primary N) is 1. The van der Waals surface area contributed by atoms with Crippen molar-refractivity contribution in [3.05, 3.63) is 62.9 Å². The first-order valence-corrected chi connectivity index (χ1v) is 13.4. The molecule has 2 amide bonds. The van der Waals surface area contributed by atoms with Crippen molar-refractivity contribution in [2.45, 2.75) is 32.5 Å². The summed E-state index contributed by atoms with van der Waals surface area (Å²) in [6.07, 6.45) is 4.42. The van der Waals surface area contributed by atoms with Gasteiger partial charge in [0.1, 0.15) is 23.8 Å². The van der Waals surface area contributed by atoms with E-state index in [1.54, 1.807) is 19.3 Å². The molecule has 1 fully saturated rings. The molecule has 0 bridgehead atoms. The molecule has 4 aromatic rings. The van der Waals surface area contributed by atoms with Crippen LogP contribution in [0.5, 0.6) is 5.75 Å². The van der Waals surface area contributed by atoms with Crippen LogP contribution in [-0.4, -0.2) is 61.3 Å². The van der Waals surface area contributed by atoms with Crippen molar-refractivity contribution in [2.75, 3.05) is 23.4 Å². The maximum absolute atomic E-state index is 13.3. The third-order valence-corrected chi connectivity index (χ3v) is 7.50. The first kappa shape index (κ1) is 28.4. The maximum Gasteiger partial charge on any atom is 0.263 e. The number of halogens is 2. The zero-order chi connectivity index (χ0) is 29.6. The van der Waals surface area contributed by atoms with Crippen LogP contribution in [0.2, 0.25) is 10.0 Å². The predicted molar refractivity (Wildman–Crippen MR) is 156 cm³/mol. The molecule has 0 aliphatic carbocycles. The van der Waals surface area contributed by atoms with Gasteiger partial charge in [-0.1, -0.05) is 23.2 Å². The number of amides is 2. The Morgan fingerprint density at radius 1 is 1.20 bits per heavy atom. The number of nitrogens with zero attached hydrogens (tertiary/aromatic N) is 5. The highest BCUT2D eigenvalue weighted by Crippen LogP contribution is 2.36. The van der Waals surface area contributed by atoms with Gasteiger partial charge < -0.3 is 34.9 Å². The number of benzene rings is 1. The molecule has 4 N–H and O–H groups in total. The minimum atomic E-state index is -0.894. The second kappa shape index (κ2) is 11.0. The second-order valence-corrected chi connectivity index (χ2v) is 10.8. The minimum Gasteiger partial charge on any atom is -0.506 e. The summed E-state index contributed by atoms with van der Waals surface area (Å²) in [7, 11) is 1.54. The van der Waals surface area contributed by atoms with E-state index >= 15 is 0 Å². The number of rotatable bonds is 6. The van der Waals surface area contributed by atoms with E-state index in [0.717, 1.165) is 0 Å². The number of aromatic hydroxyl groups is 1. The summed E-state index contributed by atoms with van der Waals surface area (Å²) in [4.78, 5) is 49.2. The van der Waals surface area contributed by atoms with Gasteiger partial charge >= 0.3 is 0 Å².